The molecule has 0 saturated heterocycles. The summed E-state index contributed by atoms with van der Waals surface area (Å²) in [7, 11) is 0. The van der Waals surface area contributed by atoms with Crippen LogP contribution in [0.3, 0.4) is 0 Å². The van der Waals surface area contributed by atoms with Crippen LogP contribution in [0.5, 0.6) is 0 Å². The van der Waals surface area contributed by atoms with Gasteiger partial charge in [0.2, 0.25) is 0 Å². The van der Waals surface area contributed by atoms with E-state index in [-0.39, 0.29) is 5.78 Å². The Bertz CT molecular complexity index is 547. The first-order valence-electron chi connectivity index (χ1n) is 5.26. The Morgan fingerprint density at radius 3 is 2.73 bits per heavy atom. The Kier molecular flexibility index (Phi) is 2.55. The number of hydrogen-bond acceptors (Lipinski definition) is 1. The van der Waals surface area contributed by atoms with Crippen molar-refractivity contribution in [3.8, 4) is 0 Å². The fourth-order valence-electron chi connectivity index (χ4n) is 1.91. The number of ketones is 1. The van der Waals surface area contributed by atoms with Gasteiger partial charge in [-0.25, -0.2) is 0 Å². The molecule has 0 radical (unpaired) electrons. The van der Waals surface area contributed by atoms with E-state index in [1.165, 1.54) is 0 Å². The monoisotopic (exact) mass is 198 g/mol. The lowest BCUT2D eigenvalue weighted by atomic mass is 9.95. The molecule has 1 heteroatoms. The molecule has 0 N–H and O–H groups in total. The van der Waals surface area contributed by atoms with Gasteiger partial charge in [-0.1, -0.05) is 37.3 Å². The number of benzene rings is 1. The summed E-state index contributed by atoms with van der Waals surface area (Å²) in [6, 6.07) is 8.02. The molecular weight excluding hydrogens is 184 g/mol. The fourth-order valence-corrected chi connectivity index (χ4v) is 1.91. The van der Waals surface area contributed by atoms with Gasteiger partial charge in [-0.2, -0.15) is 0 Å². The van der Waals surface area contributed by atoms with Gasteiger partial charge in [-0.15, -0.1) is 0 Å². The smallest absolute Gasteiger partial charge is 0.189 e. The maximum Gasteiger partial charge on any atom is 0.189 e. The van der Waals surface area contributed by atoms with Gasteiger partial charge in [0, 0.05) is 11.1 Å². The minimum absolute atomic E-state index is 0.163. The van der Waals surface area contributed by atoms with E-state index in [2.05, 4.69) is 6.07 Å². The van der Waals surface area contributed by atoms with Gasteiger partial charge in [0.25, 0.3) is 0 Å². The summed E-state index contributed by atoms with van der Waals surface area (Å²) in [5.74, 6) is 0.163. The van der Waals surface area contributed by atoms with E-state index in [9.17, 15) is 4.79 Å². The molecule has 15 heavy (non-hydrogen) atoms. The number of carbonyl (C=O) groups is 1. The van der Waals surface area contributed by atoms with Crippen LogP contribution in [-0.2, 0) is 4.79 Å². The van der Waals surface area contributed by atoms with Crippen LogP contribution in [-0.4, -0.2) is 5.78 Å². The first-order valence-corrected chi connectivity index (χ1v) is 5.26. The lowest BCUT2D eigenvalue weighted by molar-refractivity contribution is -0.110. The van der Waals surface area contributed by atoms with Crippen molar-refractivity contribution in [1.29, 1.82) is 0 Å². The van der Waals surface area contributed by atoms with Crippen molar-refractivity contribution in [1.82, 2.24) is 0 Å². The molecule has 76 valence electrons. The first kappa shape index (κ1) is 9.91. The van der Waals surface area contributed by atoms with E-state index in [0.717, 1.165) is 28.0 Å². The van der Waals surface area contributed by atoms with Gasteiger partial charge in [0.05, 0.1) is 0 Å². The average Bonchev–Trinajstić information content (AvgIpc) is 2.26. The van der Waals surface area contributed by atoms with Crippen molar-refractivity contribution in [3.05, 3.63) is 46.4 Å². The normalized spacial score (nSPS) is 17.6. The van der Waals surface area contributed by atoms with Gasteiger partial charge >= 0.3 is 0 Å². The molecule has 0 bridgehead atoms. The third-order valence-corrected chi connectivity index (χ3v) is 2.70. The Morgan fingerprint density at radius 2 is 2.00 bits per heavy atom. The van der Waals surface area contributed by atoms with Crippen LogP contribution in [0.1, 0.15) is 20.3 Å². The lowest BCUT2D eigenvalue weighted by Gasteiger charge is -2.08. The zero-order valence-electron chi connectivity index (χ0n) is 9.08. The Labute approximate surface area is 89.4 Å². The Balaban J connectivity index is 2.78. The summed E-state index contributed by atoms with van der Waals surface area (Å²) in [4.78, 5) is 11.9. The quantitative estimate of drug-likeness (QED) is 0.626. The Hall–Kier alpha value is -1.63. The van der Waals surface area contributed by atoms with Gasteiger partial charge in [0.15, 0.2) is 5.78 Å². The molecule has 1 aliphatic rings. The molecule has 1 nitrogen and oxygen atoms in total. The molecule has 0 atom stereocenters. The average molecular weight is 198 g/mol. The van der Waals surface area contributed by atoms with Crippen LogP contribution >= 0.6 is 0 Å². The number of Topliss-reactive ketones (excluding diaryl/α,β-unsaturated/α-hetero) is 1. The molecular formula is C14H14O. The molecule has 1 aromatic carbocycles. The van der Waals surface area contributed by atoms with Gasteiger partial charge < -0.3 is 0 Å². The van der Waals surface area contributed by atoms with Crippen molar-refractivity contribution < 1.29 is 4.79 Å². The molecule has 0 spiro atoms. The van der Waals surface area contributed by atoms with Crippen LogP contribution in [0.4, 0.5) is 0 Å². The molecule has 1 aromatic rings. The van der Waals surface area contributed by atoms with Crippen LogP contribution in [0, 0.1) is 0 Å². The van der Waals surface area contributed by atoms with E-state index in [1.807, 2.05) is 44.2 Å². The highest BCUT2D eigenvalue weighted by Gasteiger charge is 2.13. The van der Waals surface area contributed by atoms with Crippen LogP contribution in [0.2, 0.25) is 0 Å². The molecule has 0 aliphatic heterocycles. The predicted molar refractivity (Wildman–Crippen MR) is 62.6 cm³/mol. The lowest BCUT2D eigenvalue weighted by Crippen LogP contribution is -2.32. The maximum atomic E-state index is 11.9. The molecule has 1 aliphatic carbocycles. The topological polar surface area (TPSA) is 17.1 Å². The second-order valence-electron chi connectivity index (χ2n) is 3.75. The van der Waals surface area contributed by atoms with E-state index >= 15 is 0 Å². The Morgan fingerprint density at radius 1 is 1.27 bits per heavy atom. The number of fused-ring (bicyclic) bond motifs is 1. The standard InChI is InChI=1S/C14H14O/c1-3-6-12-9-11-7-4-5-8-13(11)10(2)14(12)15/h4-9H,3H2,1-2H3. The van der Waals surface area contributed by atoms with Crippen molar-refractivity contribution in [3.63, 3.8) is 0 Å². The molecule has 0 saturated carbocycles. The summed E-state index contributed by atoms with van der Waals surface area (Å²) in [5, 5.41) is 2.21. The number of carbonyl (C=O) groups excluding carboxylic acids is 1. The minimum atomic E-state index is 0.163. The van der Waals surface area contributed by atoms with Crippen molar-refractivity contribution in [2.45, 2.75) is 20.3 Å². The summed E-state index contributed by atoms with van der Waals surface area (Å²) in [6.07, 6.45) is 4.86. The SMILES string of the molecule is CCC=C1C=c2ccccc2=C(C)C1=O. The van der Waals surface area contributed by atoms with Crippen molar-refractivity contribution in [2.24, 2.45) is 0 Å². The van der Waals surface area contributed by atoms with E-state index in [1.54, 1.807) is 0 Å². The van der Waals surface area contributed by atoms with E-state index in [0.29, 0.717) is 0 Å². The van der Waals surface area contributed by atoms with Crippen LogP contribution in [0.25, 0.3) is 11.6 Å². The summed E-state index contributed by atoms with van der Waals surface area (Å²) in [5.41, 5.74) is 1.68. The van der Waals surface area contributed by atoms with Crippen LogP contribution in [0.15, 0.2) is 35.9 Å². The highest BCUT2D eigenvalue weighted by atomic mass is 16.1. The van der Waals surface area contributed by atoms with Gasteiger partial charge in [-0.05, 0) is 29.9 Å². The van der Waals surface area contributed by atoms with Gasteiger partial charge in [0.1, 0.15) is 0 Å². The van der Waals surface area contributed by atoms with Crippen LogP contribution < -0.4 is 10.4 Å². The predicted octanol–water partition coefficient (Wildman–Crippen LogP) is 1.56. The van der Waals surface area contributed by atoms with E-state index in [4.69, 9.17) is 0 Å². The second-order valence-corrected chi connectivity index (χ2v) is 3.75. The third-order valence-electron chi connectivity index (χ3n) is 2.70. The first-order chi connectivity index (χ1) is 7.24. The molecule has 0 heterocycles. The third kappa shape index (κ3) is 1.65. The summed E-state index contributed by atoms with van der Waals surface area (Å²) in [6.45, 7) is 3.95. The minimum Gasteiger partial charge on any atom is -0.289 e. The molecule has 0 aromatic heterocycles. The second kappa shape index (κ2) is 3.85. The van der Waals surface area contributed by atoms with Crippen molar-refractivity contribution >= 4 is 17.4 Å². The number of allylic oxidation sites excluding steroid dienone is 2. The van der Waals surface area contributed by atoms with Crippen molar-refractivity contribution in [2.75, 3.05) is 0 Å². The maximum absolute atomic E-state index is 11.9. The largest absolute Gasteiger partial charge is 0.289 e. The van der Waals surface area contributed by atoms with E-state index < -0.39 is 0 Å². The summed E-state index contributed by atoms with van der Waals surface area (Å²) < 4.78 is 0. The fraction of sp³-hybridized carbons (Fsp3) is 0.214. The summed E-state index contributed by atoms with van der Waals surface area (Å²) >= 11 is 0. The number of rotatable bonds is 1. The zero-order chi connectivity index (χ0) is 10.8. The highest BCUT2D eigenvalue weighted by molar-refractivity contribution is 6.27. The molecule has 2 rings (SSSR count). The molecule has 0 unspecified atom stereocenters. The number of hydrogen-bond donors (Lipinski definition) is 0. The molecule has 0 fully saturated rings. The highest BCUT2D eigenvalue weighted by Crippen LogP contribution is 2.10. The van der Waals surface area contributed by atoms with Gasteiger partial charge in [-0.3, -0.25) is 4.79 Å². The zero-order valence-corrected chi connectivity index (χ0v) is 9.08. The molecule has 0 amide bonds.